The van der Waals surface area contributed by atoms with Crippen LogP contribution < -0.4 is 10.1 Å². The van der Waals surface area contributed by atoms with Gasteiger partial charge in [0.2, 0.25) is 0 Å². The van der Waals surface area contributed by atoms with Crippen LogP contribution >= 0.6 is 0 Å². The van der Waals surface area contributed by atoms with Gasteiger partial charge < -0.3 is 15.0 Å². The van der Waals surface area contributed by atoms with Crippen LogP contribution in [0.15, 0.2) is 73.2 Å². The largest absolute Gasteiger partial charge is 0.496 e. The van der Waals surface area contributed by atoms with Gasteiger partial charge in [-0.3, -0.25) is 19.7 Å². The van der Waals surface area contributed by atoms with Gasteiger partial charge in [-0.2, -0.15) is 0 Å². The summed E-state index contributed by atoms with van der Waals surface area (Å²) in [5.74, 6) is 0.151. The number of hydrogen-bond acceptors (Lipinski definition) is 6. The van der Waals surface area contributed by atoms with E-state index in [4.69, 9.17) is 4.74 Å². The third-order valence-corrected chi connectivity index (χ3v) is 6.46. The number of anilines is 1. The van der Waals surface area contributed by atoms with Crippen LogP contribution in [0.1, 0.15) is 21.5 Å². The molecule has 3 heterocycles. The number of hydrogen-bond donors (Lipinski definition) is 1. The van der Waals surface area contributed by atoms with E-state index in [0.29, 0.717) is 50.6 Å². The van der Waals surface area contributed by atoms with E-state index in [2.05, 4.69) is 26.3 Å². The molecule has 0 saturated carbocycles. The molecule has 5 rings (SSSR count). The van der Waals surface area contributed by atoms with E-state index in [9.17, 15) is 9.18 Å². The molecular formula is C28H28FN5O2. The number of piperazine rings is 1. The maximum Gasteiger partial charge on any atom is 0.257 e. The maximum absolute atomic E-state index is 13.4. The second-order valence-electron chi connectivity index (χ2n) is 8.84. The van der Waals surface area contributed by atoms with Crippen LogP contribution in [0.5, 0.6) is 5.75 Å². The predicted molar refractivity (Wildman–Crippen MR) is 137 cm³/mol. The molecule has 0 bridgehead atoms. The number of amides is 1. The lowest BCUT2D eigenvalue weighted by atomic mass is 10.1. The predicted octanol–water partition coefficient (Wildman–Crippen LogP) is 4.35. The Kier molecular flexibility index (Phi) is 7.04. The third-order valence-electron chi connectivity index (χ3n) is 6.46. The number of fused-ring (bicyclic) bond motifs is 1. The van der Waals surface area contributed by atoms with Crippen LogP contribution in [0.3, 0.4) is 0 Å². The summed E-state index contributed by atoms with van der Waals surface area (Å²) in [5.41, 5.74) is 4.31. The first kappa shape index (κ1) is 23.7. The number of rotatable bonds is 7. The molecule has 184 valence electrons. The van der Waals surface area contributed by atoms with Crippen LogP contribution in [0.25, 0.3) is 10.9 Å². The van der Waals surface area contributed by atoms with E-state index in [-0.39, 0.29) is 11.7 Å². The summed E-state index contributed by atoms with van der Waals surface area (Å²) in [6.45, 7) is 3.83. The first-order valence-corrected chi connectivity index (χ1v) is 12.0. The molecule has 1 N–H and O–H groups in total. The molecule has 1 aliphatic rings. The second kappa shape index (κ2) is 10.7. The van der Waals surface area contributed by atoms with E-state index in [1.807, 2.05) is 47.4 Å². The van der Waals surface area contributed by atoms with Crippen LogP contribution in [0, 0.1) is 5.82 Å². The van der Waals surface area contributed by atoms with Gasteiger partial charge in [-0.05, 0) is 35.4 Å². The van der Waals surface area contributed by atoms with Crippen LogP contribution in [0.4, 0.5) is 10.1 Å². The van der Waals surface area contributed by atoms with Gasteiger partial charge >= 0.3 is 0 Å². The zero-order chi connectivity index (χ0) is 24.9. The van der Waals surface area contributed by atoms with Crippen LogP contribution in [-0.4, -0.2) is 59.0 Å². The number of pyridine rings is 2. The van der Waals surface area contributed by atoms with Crippen molar-refractivity contribution < 1.29 is 13.9 Å². The number of nitrogens with zero attached hydrogens (tertiary/aromatic N) is 4. The van der Waals surface area contributed by atoms with E-state index in [1.54, 1.807) is 19.5 Å². The van der Waals surface area contributed by atoms with Crippen molar-refractivity contribution in [3.63, 3.8) is 0 Å². The molecule has 1 aliphatic heterocycles. The minimum absolute atomic E-state index is 0.0521. The summed E-state index contributed by atoms with van der Waals surface area (Å²) in [6.07, 6.45) is 4.68. The normalized spacial score (nSPS) is 14.1. The lowest BCUT2D eigenvalue weighted by molar-refractivity contribution is 0.0625. The molecule has 8 heteroatoms. The highest BCUT2D eigenvalue weighted by atomic mass is 19.1. The average Bonchev–Trinajstić information content (AvgIpc) is 2.92. The Hall–Kier alpha value is -4.04. The van der Waals surface area contributed by atoms with E-state index in [0.717, 1.165) is 27.7 Å². The van der Waals surface area contributed by atoms with Crippen molar-refractivity contribution in [2.24, 2.45) is 0 Å². The Morgan fingerprint density at radius 1 is 1.06 bits per heavy atom. The Morgan fingerprint density at radius 2 is 1.89 bits per heavy atom. The first-order chi connectivity index (χ1) is 17.6. The smallest absolute Gasteiger partial charge is 0.257 e. The number of carbonyl (C=O) groups is 1. The molecule has 4 aromatic rings. The number of aromatic nitrogens is 2. The summed E-state index contributed by atoms with van der Waals surface area (Å²) < 4.78 is 19.0. The maximum atomic E-state index is 13.4. The molecule has 0 aliphatic carbocycles. The highest BCUT2D eigenvalue weighted by Crippen LogP contribution is 2.26. The Bertz CT molecular complexity index is 1370. The van der Waals surface area contributed by atoms with Crippen molar-refractivity contribution in [2.45, 2.75) is 13.1 Å². The van der Waals surface area contributed by atoms with E-state index in [1.165, 1.54) is 12.3 Å². The molecular weight excluding hydrogens is 457 g/mol. The molecule has 0 atom stereocenters. The lowest BCUT2D eigenvalue weighted by Gasteiger charge is -2.35. The van der Waals surface area contributed by atoms with Gasteiger partial charge in [-0.25, -0.2) is 4.39 Å². The first-order valence-electron chi connectivity index (χ1n) is 12.0. The number of para-hydroxylation sites is 1. The van der Waals surface area contributed by atoms with Crippen molar-refractivity contribution in [3.8, 4) is 5.75 Å². The van der Waals surface area contributed by atoms with Gasteiger partial charge in [0.15, 0.2) is 0 Å². The number of halogens is 1. The summed E-state index contributed by atoms with van der Waals surface area (Å²) >= 11 is 0. The van der Waals surface area contributed by atoms with Crippen molar-refractivity contribution in [1.82, 2.24) is 19.8 Å². The molecule has 1 saturated heterocycles. The van der Waals surface area contributed by atoms with Gasteiger partial charge in [0.05, 0.1) is 24.4 Å². The molecule has 2 aromatic heterocycles. The quantitative estimate of drug-likeness (QED) is 0.420. The fourth-order valence-corrected chi connectivity index (χ4v) is 4.57. The number of carbonyl (C=O) groups excluding carboxylic acids is 1. The molecule has 0 unspecified atom stereocenters. The number of nitrogens with one attached hydrogen (secondary N) is 1. The zero-order valence-electron chi connectivity index (χ0n) is 20.2. The molecule has 36 heavy (non-hydrogen) atoms. The van der Waals surface area contributed by atoms with Crippen molar-refractivity contribution in [3.05, 3.63) is 95.7 Å². The number of ether oxygens (including phenoxy) is 1. The zero-order valence-corrected chi connectivity index (χ0v) is 20.2. The van der Waals surface area contributed by atoms with Crippen molar-refractivity contribution in [2.75, 3.05) is 38.6 Å². The summed E-state index contributed by atoms with van der Waals surface area (Å²) in [5, 5.41) is 4.52. The standard InChI is InChI=1S/C28H28FN5O2/c1-36-26-15-24(32-17-22-5-2-4-21-6-3-9-31-27(21)22)7-8-25(26)28(35)34-12-10-33(11-13-34)19-20-14-23(29)18-30-16-20/h2-9,14-16,18,32H,10-13,17,19H2,1H3. The fraction of sp³-hybridized carbons (Fsp3) is 0.250. The summed E-state index contributed by atoms with van der Waals surface area (Å²) in [4.78, 5) is 25.7. The van der Waals surface area contributed by atoms with Crippen LogP contribution in [0.2, 0.25) is 0 Å². The van der Waals surface area contributed by atoms with Crippen LogP contribution in [-0.2, 0) is 13.1 Å². The molecule has 7 nitrogen and oxygen atoms in total. The molecule has 0 spiro atoms. The Labute approximate surface area is 209 Å². The SMILES string of the molecule is COc1cc(NCc2cccc3cccnc23)ccc1C(=O)N1CCN(Cc2cncc(F)c2)CC1. The fourth-order valence-electron chi connectivity index (χ4n) is 4.57. The van der Waals surface area contributed by atoms with E-state index >= 15 is 0 Å². The van der Waals surface area contributed by atoms with Crippen molar-refractivity contribution >= 4 is 22.5 Å². The Morgan fingerprint density at radius 3 is 2.69 bits per heavy atom. The van der Waals surface area contributed by atoms with Gasteiger partial charge in [0.1, 0.15) is 11.6 Å². The molecule has 0 radical (unpaired) electrons. The number of methoxy groups -OCH3 is 1. The highest BCUT2D eigenvalue weighted by molar-refractivity contribution is 5.97. The monoisotopic (exact) mass is 485 g/mol. The third kappa shape index (κ3) is 5.28. The van der Waals surface area contributed by atoms with Gasteiger partial charge in [-0.15, -0.1) is 0 Å². The van der Waals surface area contributed by atoms with Gasteiger partial charge in [-0.1, -0.05) is 24.3 Å². The second-order valence-corrected chi connectivity index (χ2v) is 8.84. The Balaban J connectivity index is 1.22. The topological polar surface area (TPSA) is 70.6 Å². The summed E-state index contributed by atoms with van der Waals surface area (Å²) in [6, 6.07) is 17.2. The highest BCUT2D eigenvalue weighted by Gasteiger charge is 2.24. The minimum Gasteiger partial charge on any atom is -0.496 e. The molecule has 1 amide bonds. The molecule has 1 fully saturated rings. The van der Waals surface area contributed by atoms with Crippen molar-refractivity contribution in [1.29, 1.82) is 0 Å². The number of benzene rings is 2. The van der Waals surface area contributed by atoms with Gasteiger partial charge in [0, 0.05) is 68.8 Å². The van der Waals surface area contributed by atoms with E-state index < -0.39 is 0 Å². The van der Waals surface area contributed by atoms with Gasteiger partial charge in [0.25, 0.3) is 5.91 Å². The molecule has 2 aromatic carbocycles. The minimum atomic E-state index is -0.333. The average molecular weight is 486 g/mol. The lowest BCUT2D eigenvalue weighted by Crippen LogP contribution is -2.48. The summed E-state index contributed by atoms with van der Waals surface area (Å²) in [7, 11) is 1.58.